The Labute approximate surface area is 430 Å². The molecule has 0 saturated heterocycles. The van der Waals surface area contributed by atoms with Crippen LogP contribution in [0.2, 0.25) is 19.6 Å². The lowest BCUT2D eigenvalue weighted by Gasteiger charge is -2.11. The summed E-state index contributed by atoms with van der Waals surface area (Å²) in [6.07, 6.45) is 1.92. The van der Waals surface area contributed by atoms with Crippen LogP contribution in [0.4, 0.5) is 0 Å². The lowest BCUT2D eigenvalue weighted by Crippen LogP contribution is -2.16. The third kappa shape index (κ3) is 11.6. The van der Waals surface area contributed by atoms with Gasteiger partial charge in [-0.3, -0.25) is 19.2 Å². The zero-order chi connectivity index (χ0) is 51.3. The van der Waals surface area contributed by atoms with Crippen LogP contribution in [-0.2, 0) is 51.0 Å². The molecule has 0 amide bonds. The Bertz CT molecular complexity index is 3130. The van der Waals surface area contributed by atoms with Crippen LogP contribution in [0.3, 0.4) is 0 Å². The van der Waals surface area contributed by atoms with Gasteiger partial charge in [0.15, 0.2) is 0 Å². The minimum atomic E-state index is -1.75. The molecule has 2 aliphatic rings. The van der Waals surface area contributed by atoms with Crippen molar-refractivity contribution >= 4 is 98.9 Å². The summed E-state index contributed by atoms with van der Waals surface area (Å²) in [5.41, 5.74) is 20.7. The van der Waals surface area contributed by atoms with Crippen molar-refractivity contribution in [2.24, 2.45) is 0 Å². The monoisotopic (exact) mass is 1080 g/mol. The van der Waals surface area contributed by atoms with Crippen LogP contribution in [-0.4, -0.2) is 80.3 Å². The Morgan fingerprint density at radius 1 is 0.577 bits per heavy atom. The van der Waals surface area contributed by atoms with Gasteiger partial charge in [0.1, 0.15) is 8.07 Å². The molecular formula is C57H61IN4O8Si. The average Bonchev–Trinajstić information content (AvgIpc) is 4.03. The number of hydrogen-bond acceptors (Lipinski definition) is 10. The fraction of sp³-hybridized carbons (Fsp3) is 0.333. The SMILES string of the molecule is COC(=O)CCC1=C(C)c2nc1cc1[nH]c(c(C)c1CCC(=O)OC)c(-c1cccc(C#C[Si](C)(C)C)c1)c1[nH]c(cc3nc(c2-c2cccc(I)c2)C(C)=C3CCC(=O)OC)c(CCC(=O)OC)c1C. The van der Waals surface area contributed by atoms with Crippen molar-refractivity contribution in [3.63, 3.8) is 0 Å². The van der Waals surface area contributed by atoms with Gasteiger partial charge in [0.2, 0.25) is 0 Å². The van der Waals surface area contributed by atoms with E-state index in [1.54, 1.807) is 0 Å². The van der Waals surface area contributed by atoms with Gasteiger partial charge in [0.25, 0.3) is 0 Å². The number of methoxy groups -OCH3 is 4. The lowest BCUT2D eigenvalue weighted by atomic mass is 9.92. The van der Waals surface area contributed by atoms with Gasteiger partial charge in [0, 0.05) is 57.0 Å². The molecule has 0 radical (unpaired) electrons. The van der Waals surface area contributed by atoms with Crippen molar-refractivity contribution in [3.8, 4) is 33.7 Å². The normalized spacial score (nSPS) is 12.4. The van der Waals surface area contributed by atoms with Gasteiger partial charge in [-0.05, 0) is 168 Å². The minimum absolute atomic E-state index is 0.123. The second-order valence-corrected chi connectivity index (χ2v) is 24.9. The van der Waals surface area contributed by atoms with Crippen molar-refractivity contribution in [3.05, 3.63) is 115 Å². The summed E-state index contributed by atoms with van der Waals surface area (Å²) < 4.78 is 21.7. The molecule has 2 aliphatic heterocycles. The number of ether oxygens (including phenoxy) is 4. The molecule has 8 bridgehead atoms. The number of carbonyl (C=O) groups excluding carboxylic acids is 4. The molecule has 0 spiro atoms. The summed E-state index contributed by atoms with van der Waals surface area (Å²) in [4.78, 5) is 70.3. The predicted octanol–water partition coefficient (Wildman–Crippen LogP) is 12.1. The van der Waals surface area contributed by atoms with E-state index in [9.17, 15) is 19.2 Å². The fourth-order valence-electron chi connectivity index (χ4n) is 9.32. The zero-order valence-electron chi connectivity index (χ0n) is 42.5. The number of carbonyl (C=O) groups is 4. The molecule has 7 rings (SSSR count). The Morgan fingerprint density at radius 2 is 1.00 bits per heavy atom. The number of fused-ring (bicyclic) bond motifs is 8. The van der Waals surface area contributed by atoms with Crippen LogP contribution in [0, 0.1) is 28.9 Å². The number of esters is 4. The zero-order valence-corrected chi connectivity index (χ0v) is 45.6. The number of aromatic nitrogens is 4. The lowest BCUT2D eigenvalue weighted by molar-refractivity contribution is -0.141. The van der Waals surface area contributed by atoms with Crippen LogP contribution in [0.5, 0.6) is 0 Å². The van der Waals surface area contributed by atoms with E-state index in [4.69, 9.17) is 28.9 Å². The highest BCUT2D eigenvalue weighted by Gasteiger charge is 2.29. The summed E-state index contributed by atoms with van der Waals surface area (Å²) in [5, 5.41) is 0. The van der Waals surface area contributed by atoms with Gasteiger partial charge in [-0.2, -0.15) is 0 Å². The van der Waals surface area contributed by atoms with Crippen molar-refractivity contribution < 1.29 is 38.1 Å². The highest BCUT2D eigenvalue weighted by molar-refractivity contribution is 14.1. The number of nitrogens with one attached hydrogen (secondary N) is 2. The summed E-state index contributed by atoms with van der Waals surface area (Å²) >= 11 is 2.31. The topological polar surface area (TPSA) is 163 Å². The summed E-state index contributed by atoms with van der Waals surface area (Å²) in [7, 11) is 3.81. The maximum atomic E-state index is 12.9. The number of hydrogen-bond donors (Lipinski definition) is 2. The minimum Gasteiger partial charge on any atom is -0.469 e. The number of halogens is 1. The largest absolute Gasteiger partial charge is 0.469 e. The standard InChI is InChI=1S/C57H61IN4O8Si/c1-32-40(18-22-48(63)67-5)44-30-46-42(20-24-50(65)69-7)34(3)56(61-46)53(38-16-13-17-39(58)29-38)57-35(4)43(21-25-51(66)70-8)47(62-57)31-45-41(19-23-49(64)68-6)33(2)55(60-45)52(54(32)59-44)37-15-12-14-36(28-37)26-27-71(9,10)11/h12-17,28-31,59-60H,18-25H2,1-11H3. The molecule has 0 fully saturated rings. The fourth-order valence-corrected chi connectivity index (χ4v) is 10.4. The van der Waals surface area contributed by atoms with E-state index in [-0.39, 0.29) is 49.6 Å². The predicted molar refractivity (Wildman–Crippen MR) is 292 cm³/mol. The maximum Gasteiger partial charge on any atom is 0.305 e. The van der Waals surface area contributed by atoms with Gasteiger partial charge in [-0.15, -0.1) is 5.54 Å². The van der Waals surface area contributed by atoms with Crippen molar-refractivity contribution in [2.45, 2.75) is 98.7 Å². The third-order valence-electron chi connectivity index (χ3n) is 13.1. The molecule has 2 aromatic carbocycles. The first-order chi connectivity index (χ1) is 33.9. The van der Waals surface area contributed by atoms with Gasteiger partial charge in [-0.1, -0.05) is 49.8 Å². The molecule has 14 heteroatoms. The van der Waals surface area contributed by atoms with Crippen LogP contribution in [0.25, 0.3) is 66.6 Å². The van der Waals surface area contributed by atoms with Crippen molar-refractivity contribution in [2.75, 3.05) is 28.4 Å². The molecule has 12 nitrogen and oxygen atoms in total. The molecule has 3 aromatic heterocycles. The number of aryl methyl sites for hydroxylation is 4. The molecule has 0 saturated carbocycles. The Hall–Kier alpha value is -6.57. The molecule has 0 aliphatic carbocycles. The van der Waals surface area contributed by atoms with E-state index in [0.29, 0.717) is 48.5 Å². The maximum absolute atomic E-state index is 12.9. The first kappa shape index (κ1) is 52.3. The molecule has 5 heterocycles. The van der Waals surface area contributed by atoms with Crippen molar-refractivity contribution in [1.29, 1.82) is 0 Å². The van der Waals surface area contributed by atoms with E-state index in [1.165, 1.54) is 28.4 Å². The highest BCUT2D eigenvalue weighted by atomic mass is 127. The quantitative estimate of drug-likeness (QED) is 0.0360. The number of aromatic amines is 2. The van der Waals surface area contributed by atoms with E-state index in [1.807, 2.05) is 56.3 Å². The van der Waals surface area contributed by atoms with Crippen LogP contribution in [0.1, 0.15) is 103 Å². The molecular weight excluding hydrogens is 1020 g/mol. The molecule has 0 atom stereocenters. The van der Waals surface area contributed by atoms with E-state index in [2.05, 4.69) is 95.7 Å². The molecule has 2 N–H and O–H groups in total. The van der Waals surface area contributed by atoms with E-state index in [0.717, 1.165) is 98.0 Å². The van der Waals surface area contributed by atoms with Gasteiger partial charge in [0.05, 0.1) is 62.2 Å². The van der Waals surface area contributed by atoms with Crippen molar-refractivity contribution in [1.82, 2.24) is 19.9 Å². The Morgan fingerprint density at radius 3 is 1.42 bits per heavy atom. The van der Waals surface area contributed by atoms with Crippen LogP contribution >= 0.6 is 22.6 Å². The summed E-state index contributed by atoms with van der Waals surface area (Å²) in [6.45, 7) is 14.8. The van der Waals surface area contributed by atoms with Gasteiger partial charge >= 0.3 is 23.9 Å². The average molecular weight is 1090 g/mol. The van der Waals surface area contributed by atoms with E-state index < -0.39 is 8.07 Å². The molecule has 0 unspecified atom stereocenters. The highest BCUT2D eigenvalue weighted by Crippen LogP contribution is 2.45. The first-order valence-corrected chi connectivity index (χ1v) is 28.3. The molecule has 71 heavy (non-hydrogen) atoms. The summed E-state index contributed by atoms with van der Waals surface area (Å²) in [6, 6.07) is 20.5. The van der Waals surface area contributed by atoms with Gasteiger partial charge < -0.3 is 28.9 Å². The van der Waals surface area contributed by atoms with Crippen LogP contribution < -0.4 is 0 Å². The first-order valence-electron chi connectivity index (χ1n) is 23.7. The second-order valence-electron chi connectivity index (χ2n) is 18.9. The number of benzene rings is 2. The number of nitrogens with zero attached hydrogens (tertiary/aromatic N) is 2. The second kappa shape index (κ2) is 22.2. The summed E-state index contributed by atoms with van der Waals surface area (Å²) in [5.74, 6) is 2.09. The third-order valence-corrected chi connectivity index (χ3v) is 14.7. The Balaban J connectivity index is 1.76. The Kier molecular flexibility index (Phi) is 16.4. The number of H-pyrrole nitrogens is 2. The van der Waals surface area contributed by atoms with Crippen LogP contribution in [0.15, 0.2) is 60.7 Å². The smallest absolute Gasteiger partial charge is 0.305 e. The van der Waals surface area contributed by atoms with Gasteiger partial charge in [-0.25, -0.2) is 9.97 Å². The molecule has 5 aromatic rings. The number of allylic oxidation sites excluding steroid dienone is 4. The molecule has 368 valence electrons. The number of rotatable bonds is 14. The van der Waals surface area contributed by atoms with E-state index >= 15 is 0 Å².